The van der Waals surface area contributed by atoms with Crippen LogP contribution in [0, 0.1) is 5.82 Å². The van der Waals surface area contributed by atoms with Crippen molar-refractivity contribution in [1.29, 1.82) is 0 Å². The Hall–Kier alpha value is -4.61. The molecule has 0 saturated heterocycles. The number of ether oxygens (including phenoxy) is 2. The van der Waals surface area contributed by atoms with Crippen LogP contribution in [0.25, 0.3) is 0 Å². The van der Waals surface area contributed by atoms with Gasteiger partial charge in [-0.15, -0.1) is 11.3 Å². The zero-order valence-corrected chi connectivity index (χ0v) is 22.9. The van der Waals surface area contributed by atoms with Gasteiger partial charge < -0.3 is 20.1 Å². The van der Waals surface area contributed by atoms with E-state index in [1.165, 1.54) is 49.8 Å². The zero-order chi connectivity index (χ0) is 28.2. The Kier molecular flexibility index (Phi) is 7.85. The third kappa shape index (κ3) is 5.56. The summed E-state index contributed by atoms with van der Waals surface area (Å²) < 4.78 is 24.2. The maximum absolute atomic E-state index is 13.8. The summed E-state index contributed by atoms with van der Waals surface area (Å²) in [4.78, 5) is 42.3. The Balaban J connectivity index is 1.49. The number of carbonyl (C=O) groups excluding carboxylic acids is 3. The minimum absolute atomic E-state index is 0.0208. The number of rotatable bonds is 9. The molecule has 5 rings (SSSR count). The fourth-order valence-corrected chi connectivity index (χ4v) is 5.54. The topological polar surface area (TPSA) is 97.0 Å². The van der Waals surface area contributed by atoms with Gasteiger partial charge in [-0.1, -0.05) is 23.9 Å². The number of hydrogen-bond donors (Lipinski definition) is 2. The van der Waals surface area contributed by atoms with E-state index >= 15 is 0 Å². The Morgan fingerprint density at radius 2 is 1.70 bits per heavy atom. The van der Waals surface area contributed by atoms with Gasteiger partial charge in [0.25, 0.3) is 17.7 Å². The number of nitrogens with one attached hydrogen (secondary N) is 2. The number of methoxy groups -OCH3 is 2. The van der Waals surface area contributed by atoms with Crippen molar-refractivity contribution in [2.45, 2.75) is 4.90 Å². The van der Waals surface area contributed by atoms with Crippen LogP contribution in [0.3, 0.4) is 0 Å². The van der Waals surface area contributed by atoms with Crippen LogP contribution in [0.4, 0.5) is 21.5 Å². The normalized spacial score (nSPS) is 13.0. The van der Waals surface area contributed by atoms with Crippen molar-refractivity contribution in [3.8, 4) is 11.5 Å². The van der Waals surface area contributed by atoms with Gasteiger partial charge in [-0.2, -0.15) is 0 Å². The van der Waals surface area contributed by atoms with Gasteiger partial charge in [-0.25, -0.2) is 9.29 Å². The lowest BCUT2D eigenvalue weighted by Crippen LogP contribution is -2.32. The number of halogens is 1. The summed E-state index contributed by atoms with van der Waals surface area (Å²) in [5.41, 5.74) is 1.22. The molecule has 8 nitrogen and oxygen atoms in total. The van der Waals surface area contributed by atoms with E-state index in [4.69, 9.17) is 9.47 Å². The molecular weight excluding hydrogens is 553 g/mol. The van der Waals surface area contributed by atoms with Crippen LogP contribution < -0.4 is 25.0 Å². The van der Waals surface area contributed by atoms with E-state index in [-0.39, 0.29) is 27.9 Å². The van der Waals surface area contributed by atoms with Crippen molar-refractivity contribution in [3.63, 3.8) is 0 Å². The Morgan fingerprint density at radius 1 is 0.900 bits per heavy atom. The molecule has 11 heteroatoms. The number of anilines is 3. The number of imide groups is 1. The molecule has 0 fully saturated rings. The first-order valence-corrected chi connectivity index (χ1v) is 13.6. The summed E-state index contributed by atoms with van der Waals surface area (Å²) in [7, 11) is 2.93. The Bertz CT molecular complexity index is 1620. The second-order valence-corrected chi connectivity index (χ2v) is 10.4. The van der Waals surface area contributed by atoms with Gasteiger partial charge >= 0.3 is 0 Å². The number of carbonyl (C=O) groups is 3. The van der Waals surface area contributed by atoms with E-state index in [0.717, 1.165) is 16.7 Å². The molecule has 3 aromatic carbocycles. The third-order valence-electron chi connectivity index (χ3n) is 5.84. The minimum atomic E-state index is -0.609. The first-order valence-electron chi connectivity index (χ1n) is 11.9. The number of benzene rings is 3. The fraction of sp³-hybridized carbons (Fsp3) is 0.0690. The lowest BCUT2D eigenvalue weighted by Gasteiger charge is -2.19. The molecule has 4 aromatic rings. The molecule has 0 spiro atoms. The molecule has 3 amide bonds. The number of amides is 3. The number of thiophene rings is 1. The predicted octanol–water partition coefficient (Wildman–Crippen LogP) is 6.15. The molecule has 40 heavy (non-hydrogen) atoms. The molecule has 1 aromatic heterocycles. The van der Waals surface area contributed by atoms with Crippen LogP contribution >= 0.6 is 23.1 Å². The molecule has 0 unspecified atom stereocenters. The lowest BCUT2D eigenvalue weighted by molar-refractivity contribution is -0.120. The highest BCUT2D eigenvalue weighted by molar-refractivity contribution is 8.04. The summed E-state index contributed by atoms with van der Waals surface area (Å²) in [5, 5.41) is 7.65. The standard InChI is InChI=1S/C29H22FN3O5S2/c1-37-20-12-13-22(23(16-20)38-2)33-28(35)25(31-18-10-8-17(30)9-11-18)26(29(33)36)40-21-6-3-5-19(15-21)32-27(34)24-7-4-14-39-24/h3-16,31H,1-2H3,(H,32,34). The average Bonchev–Trinajstić information content (AvgIpc) is 3.58. The smallest absolute Gasteiger partial charge is 0.283 e. The molecule has 0 radical (unpaired) electrons. The Labute approximate surface area is 237 Å². The van der Waals surface area contributed by atoms with Crippen LogP contribution in [0.5, 0.6) is 11.5 Å². The van der Waals surface area contributed by atoms with Gasteiger partial charge in [0, 0.05) is 22.3 Å². The molecule has 0 bridgehead atoms. The number of nitrogens with zero attached hydrogens (tertiary/aromatic N) is 1. The molecule has 1 aliphatic rings. The van der Waals surface area contributed by atoms with Gasteiger partial charge in [0.2, 0.25) is 0 Å². The van der Waals surface area contributed by atoms with Gasteiger partial charge in [0.05, 0.1) is 24.8 Å². The van der Waals surface area contributed by atoms with Gasteiger partial charge in [0.1, 0.15) is 27.9 Å². The zero-order valence-electron chi connectivity index (χ0n) is 21.3. The molecule has 2 heterocycles. The van der Waals surface area contributed by atoms with Crippen LogP contribution in [0.2, 0.25) is 0 Å². The van der Waals surface area contributed by atoms with E-state index in [9.17, 15) is 18.8 Å². The molecule has 202 valence electrons. The molecule has 2 N–H and O–H groups in total. The molecular formula is C29H22FN3O5S2. The molecule has 1 aliphatic heterocycles. The summed E-state index contributed by atoms with van der Waals surface area (Å²) >= 11 is 2.39. The maximum atomic E-state index is 13.8. The molecule has 0 atom stereocenters. The fourth-order valence-electron chi connectivity index (χ4n) is 3.94. The van der Waals surface area contributed by atoms with Crippen molar-refractivity contribution >= 4 is 57.9 Å². The predicted molar refractivity (Wildman–Crippen MR) is 154 cm³/mol. The van der Waals surface area contributed by atoms with E-state index in [1.54, 1.807) is 54.6 Å². The van der Waals surface area contributed by atoms with Crippen molar-refractivity contribution in [2.75, 3.05) is 29.8 Å². The van der Waals surface area contributed by atoms with Crippen molar-refractivity contribution in [2.24, 2.45) is 0 Å². The summed E-state index contributed by atoms with van der Waals surface area (Å²) in [6.07, 6.45) is 0. The first kappa shape index (κ1) is 27.0. The monoisotopic (exact) mass is 575 g/mol. The van der Waals surface area contributed by atoms with Crippen LogP contribution in [0.15, 0.2) is 99.7 Å². The highest BCUT2D eigenvalue weighted by Gasteiger charge is 2.41. The first-order chi connectivity index (χ1) is 19.4. The van der Waals surface area contributed by atoms with E-state index in [2.05, 4.69) is 10.6 Å². The largest absolute Gasteiger partial charge is 0.497 e. The van der Waals surface area contributed by atoms with Crippen molar-refractivity contribution in [3.05, 3.63) is 106 Å². The third-order valence-corrected chi connectivity index (χ3v) is 7.78. The van der Waals surface area contributed by atoms with Gasteiger partial charge in [-0.3, -0.25) is 14.4 Å². The highest BCUT2D eigenvalue weighted by atomic mass is 32.2. The van der Waals surface area contributed by atoms with Crippen molar-refractivity contribution < 1.29 is 28.2 Å². The number of thioether (sulfide) groups is 1. The Morgan fingerprint density at radius 3 is 2.40 bits per heavy atom. The van der Waals surface area contributed by atoms with Crippen molar-refractivity contribution in [1.82, 2.24) is 0 Å². The van der Waals surface area contributed by atoms with Gasteiger partial charge in [-0.05, 0) is 66.0 Å². The average molecular weight is 576 g/mol. The SMILES string of the molecule is COc1ccc(N2C(=O)C(Nc3ccc(F)cc3)=C(Sc3cccc(NC(=O)c4cccs4)c3)C2=O)c(OC)c1. The van der Waals surface area contributed by atoms with E-state index < -0.39 is 17.6 Å². The second kappa shape index (κ2) is 11.6. The maximum Gasteiger partial charge on any atom is 0.283 e. The van der Waals surface area contributed by atoms with Gasteiger partial charge in [0.15, 0.2) is 0 Å². The van der Waals surface area contributed by atoms with E-state index in [1.807, 2.05) is 5.38 Å². The summed E-state index contributed by atoms with van der Waals surface area (Å²) in [5.74, 6) is -1.10. The van der Waals surface area contributed by atoms with Crippen LogP contribution in [-0.4, -0.2) is 31.9 Å². The summed E-state index contributed by atoms with van der Waals surface area (Å²) in [6.45, 7) is 0. The van der Waals surface area contributed by atoms with Crippen LogP contribution in [-0.2, 0) is 9.59 Å². The van der Waals surface area contributed by atoms with E-state index in [0.29, 0.717) is 26.9 Å². The second-order valence-electron chi connectivity index (χ2n) is 8.38. The summed E-state index contributed by atoms with van der Waals surface area (Å²) in [6, 6.07) is 20.7. The molecule has 0 aliphatic carbocycles. The molecule has 0 saturated carbocycles. The highest BCUT2D eigenvalue weighted by Crippen LogP contribution is 2.42. The quantitative estimate of drug-likeness (QED) is 0.231. The number of hydrogen-bond acceptors (Lipinski definition) is 8. The lowest BCUT2D eigenvalue weighted by atomic mass is 10.2. The minimum Gasteiger partial charge on any atom is -0.497 e. The van der Waals surface area contributed by atoms with Crippen LogP contribution in [0.1, 0.15) is 9.67 Å².